The maximum Gasteiger partial charge on any atom is 0.311 e. The molecule has 2 aromatic carbocycles. The third kappa shape index (κ3) is 4.20. The molecule has 0 saturated carbocycles. The van der Waals surface area contributed by atoms with Gasteiger partial charge < -0.3 is 10.2 Å². The van der Waals surface area contributed by atoms with Gasteiger partial charge in [0.05, 0.1) is 24.8 Å². The Morgan fingerprint density at radius 3 is 2.68 bits per heavy atom. The fourth-order valence-electron chi connectivity index (χ4n) is 1.79. The zero-order valence-electron chi connectivity index (χ0n) is 11.8. The van der Waals surface area contributed by atoms with E-state index in [2.05, 4.69) is 10.5 Å². The lowest BCUT2D eigenvalue weighted by atomic mass is 10.2. The van der Waals surface area contributed by atoms with Gasteiger partial charge in [-0.3, -0.25) is 10.1 Å². The minimum atomic E-state index is -0.489. The van der Waals surface area contributed by atoms with Crippen molar-refractivity contribution in [1.29, 1.82) is 0 Å². The standard InChI is InChI=1S/C15H14ClN3O3/c1-22-15-7-4-12(8-14(15)19(20)21)10-18-17-9-11-2-5-13(16)6-3-11/h2-8,10,17H,9H2,1H3/b18-10-. The summed E-state index contributed by atoms with van der Waals surface area (Å²) < 4.78 is 4.94. The first-order valence-corrected chi connectivity index (χ1v) is 6.81. The SMILES string of the molecule is COc1ccc(/C=N\NCc2ccc(Cl)cc2)cc1[N+](=O)[O-]. The summed E-state index contributed by atoms with van der Waals surface area (Å²) in [6.45, 7) is 0.534. The van der Waals surface area contributed by atoms with Crippen LogP contribution in [0.4, 0.5) is 5.69 Å². The third-order valence-electron chi connectivity index (χ3n) is 2.90. The molecule has 0 atom stereocenters. The van der Waals surface area contributed by atoms with Gasteiger partial charge in [0.25, 0.3) is 0 Å². The predicted octanol–water partition coefficient (Wildman–Crippen LogP) is 3.38. The van der Waals surface area contributed by atoms with E-state index < -0.39 is 4.92 Å². The van der Waals surface area contributed by atoms with Crippen molar-refractivity contribution in [3.63, 3.8) is 0 Å². The fraction of sp³-hybridized carbons (Fsp3) is 0.133. The Morgan fingerprint density at radius 2 is 2.05 bits per heavy atom. The van der Waals surface area contributed by atoms with Gasteiger partial charge in [0.1, 0.15) is 0 Å². The molecule has 0 saturated heterocycles. The summed E-state index contributed by atoms with van der Waals surface area (Å²) in [7, 11) is 1.39. The molecule has 0 aliphatic rings. The van der Waals surface area contributed by atoms with E-state index in [1.807, 2.05) is 12.1 Å². The number of nitrogens with zero attached hydrogens (tertiary/aromatic N) is 2. The number of nitrogens with one attached hydrogen (secondary N) is 1. The monoisotopic (exact) mass is 319 g/mol. The number of nitro benzene ring substituents is 1. The van der Waals surface area contributed by atoms with Crippen LogP contribution in [0.1, 0.15) is 11.1 Å². The van der Waals surface area contributed by atoms with Crippen LogP contribution in [0, 0.1) is 10.1 Å². The van der Waals surface area contributed by atoms with Crippen LogP contribution in [0.5, 0.6) is 5.75 Å². The molecule has 0 fully saturated rings. The molecule has 1 N–H and O–H groups in total. The second kappa shape index (κ2) is 7.42. The van der Waals surface area contributed by atoms with Crippen molar-refractivity contribution in [2.75, 3.05) is 7.11 Å². The molecule has 7 heteroatoms. The minimum absolute atomic E-state index is 0.0934. The highest BCUT2D eigenvalue weighted by Gasteiger charge is 2.14. The Hall–Kier alpha value is -2.60. The molecule has 22 heavy (non-hydrogen) atoms. The number of hydrogen-bond donors (Lipinski definition) is 1. The Balaban J connectivity index is 1.99. The van der Waals surface area contributed by atoms with E-state index in [-0.39, 0.29) is 11.4 Å². The molecule has 6 nitrogen and oxygen atoms in total. The van der Waals surface area contributed by atoms with Crippen LogP contribution in [-0.2, 0) is 6.54 Å². The second-order valence-corrected chi connectivity index (χ2v) is 4.84. The summed E-state index contributed by atoms with van der Waals surface area (Å²) in [5.41, 5.74) is 4.42. The lowest BCUT2D eigenvalue weighted by Crippen LogP contribution is -2.05. The van der Waals surface area contributed by atoms with Gasteiger partial charge in [0.15, 0.2) is 5.75 Å². The number of hydrogen-bond acceptors (Lipinski definition) is 5. The van der Waals surface area contributed by atoms with Gasteiger partial charge >= 0.3 is 5.69 Å². The smallest absolute Gasteiger partial charge is 0.311 e. The quantitative estimate of drug-likeness (QED) is 0.503. The van der Waals surface area contributed by atoms with Crippen LogP contribution in [0.2, 0.25) is 5.02 Å². The highest BCUT2D eigenvalue weighted by Crippen LogP contribution is 2.26. The summed E-state index contributed by atoms with van der Waals surface area (Å²) in [5, 5.41) is 15.7. The summed E-state index contributed by atoms with van der Waals surface area (Å²) in [5.74, 6) is 0.219. The van der Waals surface area contributed by atoms with Crippen molar-refractivity contribution in [3.8, 4) is 5.75 Å². The molecule has 2 rings (SSSR count). The summed E-state index contributed by atoms with van der Waals surface area (Å²) >= 11 is 5.80. The number of hydrazone groups is 1. The first kappa shape index (κ1) is 15.8. The predicted molar refractivity (Wildman–Crippen MR) is 85.5 cm³/mol. The number of rotatable bonds is 6. The average Bonchev–Trinajstić information content (AvgIpc) is 2.53. The van der Waals surface area contributed by atoms with E-state index in [0.29, 0.717) is 17.1 Å². The molecule has 0 bridgehead atoms. The molecule has 0 aliphatic heterocycles. The van der Waals surface area contributed by atoms with Crippen LogP contribution in [-0.4, -0.2) is 18.2 Å². The van der Waals surface area contributed by atoms with Crippen LogP contribution >= 0.6 is 11.6 Å². The second-order valence-electron chi connectivity index (χ2n) is 4.41. The average molecular weight is 320 g/mol. The van der Waals surface area contributed by atoms with Crippen molar-refractivity contribution < 1.29 is 9.66 Å². The largest absolute Gasteiger partial charge is 0.490 e. The summed E-state index contributed by atoms with van der Waals surface area (Å²) in [6, 6.07) is 12.0. The Bertz CT molecular complexity index is 687. The van der Waals surface area contributed by atoms with E-state index in [0.717, 1.165) is 5.56 Å². The normalized spacial score (nSPS) is 10.6. The maximum atomic E-state index is 10.9. The van der Waals surface area contributed by atoms with E-state index in [1.165, 1.54) is 19.4 Å². The zero-order chi connectivity index (χ0) is 15.9. The number of nitro groups is 1. The van der Waals surface area contributed by atoms with Gasteiger partial charge in [-0.1, -0.05) is 23.7 Å². The molecule has 2 aromatic rings. The summed E-state index contributed by atoms with van der Waals surface area (Å²) in [4.78, 5) is 10.4. The fourth-order valence-corrected chi connectivity index (χ4v) is 1.92. The summed E-state index contributed by atoms with van der Waals surface area (Å²) in [6.07, 6.45) is 1.52. The van der Waals surface area contributed by atoms with Crippen molar-refractivity contribution in [2.45, 2.75) is 6.54 Å². The Labute approximate surface area is 132 Å². The number of ether oxygens (including phenoxy) is 1. The highest BCUT2D eigenvalue weighted by atomic mass is 35.5. The van der Waals surface area contributed by atoms with Crippen molar-refractivity contribution in [1.82, 2.24) is 5.43 Å². The zero-order valence-corrected chi connectivity index (χ0v) is 12.6. The third-order valence-corrected chi connectivity index (χ3v) is 3.15. The molecule has 0 amide bonds. The lowest BCUT2D eigenvalue weighted by molar-refractivity contribution is -0.385. The molecule has 0 radical (unpaired) electrons. The van der Waals surface area contributed by atoms with E-state index >= 15 is 0 Å². The molecular weight excluding hydrogens is 306 g/mol. The highest BCUT2D eigenvalue weighted by molar-refractivity contribution is 6.30. The van der Waals surface area contributed by atoms with E-state index in [4.69, 9.17) is 16.3 Å². The van der Waals surface area contributed by atoms with Crippen LogP contribution in [0.25, 0.3) is 0 Å². The lowest BCUT2D eigenvalue weighted by Gasteiger charge is -2.03. The van der Waals surface area contributed by atoms with Gasteiger partial charge in [-0.2, -0.15) is 5.10 Å². The maximum absolute atomic E-state index is 10.9. The van der Waals surface area contributed by atoms with E-state index in [9.17, 15) is 10.1 Å². The van der Waals surface area contributed by atoms with Gasteiger partial charge in [-0.05, 0) is 29.8 Å². The van der Waals surface area contributed by atoms with E-state index in [1.54, 1.807) is 24.3 Å². The van der Waals surface area contributed by atoms with Gasteiger partial charge in [0, 0.05) is 16.7 Å². The van der Waals surface area contributed by atoms with Crippen LogP contribution < -0.4 is 10.2 Å². The van der Waals surface area contributed by atoms with Gasteiger partial charge in [-0.15, -0.1) is 0 Å². The molecule has 114 valence electrons. The molecular formula is C15H14ClN3O3. The molecule has 0 aromatic heterocycles. The van der Waals surface area contributed by atoms with Crippen molar-refractivity contribution in [3.05, 3.63) is 68.7 Å². The number of benzene rings is 2. The molecule has 0 spiro atoms. The Morgan fingerprint density at radius 1 is 1.32 bits per heavy atom. The van der Waals surface area contributed by atoms with Crippen molar-refractivity contribution in [2.24, 2.45) is 5.10 Å². The van der Waals surface area contributed by atoms with Crippen LogP contribution in [0.3, 0.4) is 0 Å². The topological polar surface area (TPSA) is 76.8 Å². The van der Waals surface area contributed by atoms with Crippen LogP contribution in [0.15, 0.2) is 47.6 Å². The number of halogens is 1. The molecule has 0 unspecified atom stereocenters. The molecule has 0 heterocycles. The van der Waals surface area contributed by atoms with Gasteiger partial charge in [-0.25, -0.2) is 0 Å². The minimum Gasteiger partial charge on any atom is -0.490 e. The molecule has 0 aliphatic carbocycles. The first-order valence-electron chi connectivity index (χ1n) is 6.43. The first-order chi connectivity index (χ1) is 10.6. The Kier molecular flexibility index (Phi) is 5.32. The van der Waals surface area contributed by atoms with Crippen molar-refractivity contribution >= 4 is 23.5 Å². The van der Waals surface area contributed by atoms with Gasteiger partial charge in [0.2, 0.25) is 0 Å². The number of methoxy groups -OCH3 is 1.